The van der Waals surface area contributed by atoms with Gasteiger partial charge in [-0.15, -0.1) is 11.3 Å². The van der Waals surface area contributed by atoms with Crippen molar-refractivity contribution < 1.29 is 0 Å². The molecule has 90 valence electrons. The molecule has 2 rings (SSSR count). The van der Waals surface area contributed by atoms with E-state index in [4.69, 9.17) is 23.2 Å². The zero-order valence-electron chi connectivity index (χ0n) is 9.50. The van der Waals surface area contributed by atoms with E-state index in [1.807, 2.05) is 7.05 Å². The van der Waals surface area contributed by atoms with Crippen molar-refractivity contribution in [2.75, 3.05) is 7.05 Å². The van der Waals surface area contributed by atoms with E-state index in [-0.39, 0.29) is 6.04 Å². The summed E-state index contributed by atoms with van der Waals surface area (Å²) in [6, 6.07) is 3.86. The molecule has 1 atom stereocenters. The second-order valence-electron chi connectivity index (χ2n) is 3.73. The molecule has 0 saturated carbocycles. The summed E-state index contributed by atoms with van der Waals surface area (Å²) in [5.41, 5.74) is 1.98. The molecule has 0 aliphatic rings. The Balaban J connectivity index is 2.42. The van der Waals surface area contributed by atoms with Crippen molar-refractivity contribution in [3.05, 3.63) is 49.9 Å². The molecule has 0 radical (unpaired) electrons. The van der Waals surface area contributed by atoms with Crippen molar-refractivity contribution in [3.63, 3.8) is 0 Å². The van der Waals surface area contributed by atoms with Crippen LogP contribution >= 0.6 is 34.5 Å². The number of hydrogen-bond donors (Lipinski definition) is 1. The molecule has 1 unspecified atom stereocenters. The normalized spacial score (nSPS) is 12.7. The van der Waals surface area contributed by atoms with Crippen LogP contribution < -0.4 is 5.32 Å². The van der Waals surface area contributed by atoms with Crippen molar-refractivity contribution in [2.24, 2.45) is 0 Å². The van der Waals surface area contributed by atoms with Crippen LogP contribution in [-0.4, -0.2) is 12.0 Å². The average molecular weight is 287 g/mol. The van der Waals surface area contributed by atoms with E-state index in [1.54, 1.807) is 23.6 Å². The van der Waals surface area contributed by atoms with Crippen LogP contribution in [0.3, 0.4) is 0 Å². The van der Waals surface area contributed by atoms with E-state index >= 15 is 0 Å². The van der Waals surface area contributed by atoms with E-state index in [0.29, 0.717) is 10.0 Å². The Morgan fingerprint density at radius 3 is 2.65 bits per heavy atom. The minimum absolute atomic E-state index is 0.00437. The lowest BCUT2D eigenvalue weighted by Gasteiger charge is -2.15. The van der Waals surface area contributed by atoms with E-state index in [0.717, 1.165) is 5.69 Å². The summed E-state index contributed by atoms with van der Waals surface area (Å²) in [4.78, 5) is 5.58. The highest BCUT2D eigenvalue weighted by Crippen LogP contribution is 2.30. The van der Waals surface area contributed by atoms with Gasteiger partial charge in [0.15, 0.2) is 0 Å². The predicted molar refractivity (Wildman–Crippen MR) is 74.2 cm³/mol. The first-order chi connectivity index (χ1) is 8.11. The predicted octanol–water partition coefficient (Wildman–Crippen LogP) is 4.07. The van der Waals surface area contributed by atoms with Crippen molar-refractivity contribution in [3.8, 4) is 0 Å². The Kier molecular flexibility index (Phi) is 4.05. The van der Waals surface area contributed by atoms with Crippen LogP contribution in [0.5, 0.6) is 0 Å². The summed E-state index contributed by atoms with van der Waals surface area (Å²) in [7, 11) is 1.89. The monoisotopic (exact) mass is 286 g/mol. The molecule has 2 nitrogen and oxygen atoms in total. The van der Waals surface area contributed by atoms with Crippen LogP contribution in [0.15, 0.2) is 23.7 Å². The first-order valence-corrected chi connectivity index (χ1v) is 6.78. The number of halogens is 2. The molecule has 1 N–H and O–H groups in total. The molecule has 0 bridgehead atoms. The minimum Gasteiger partial charge on any atom is -0.308 e. The van der Waals surface area contributed by atoms with E-state index in [2.05, 4.69) is 28.7 Å². The summed E-state index contributed by atoms with van der Waals surface area (Å²) in [5.74, 6) is 0. The molecule has 0 aliphatic heterocycles. The van der Waals surface area contributed by atoms with Crippen LogP contribution in [-0.2, 0) is 0 Å². The van der Waals surface area contributed by atoms with Crippen molar-refractivity contribution >= 4 is 34.5 Å². The number of nitrogens with zero attached hydrogens (tertiary/aromatic N) is 1. The van der Waals surface area contributed by atoms with E-state index in [9.17, 15) is 0 Å². The molecular weight excluding hydrogens is 275 g/mol. The van der Waals surface area contributed by atoms with Gasteiger partial charge in [0.1, 0.15) is 0 Å². The first kappa shape index (κ1) is 12.8. The number of aryl methyl sites for hydroxylation is 1. The SMILES string of the molecule is CNC(c1csc(C)c1)c1ncc(Cl)cc1Cl. The molecule has 0 spiro atoms. The van der Waals surface area contributed by atoms with Gasteiger partial charge in [-0.1, -0.05) is 23.2 Å². The van der Waals surface area contributed by atoms with Crippen LogP contribution in [0, 0.1) is 6.92 Å². The fraction of sp³-hybridized carbons (Fsp3) is 0.250. The number of pyridine rings is 1. The summed E-state index contributed by atoms with van der Waals surface area (Å²) in [6.45, 7) is 2.08. The molecule has 0 fully saturated rings. The summed E-state index contributed by atoms with van der Waals surface area (Å²) < 4.78 is 0. The first-order valence-electron chi connectivity index (χ1n) is 5.15. The average Bonchev–Trinajstić information content (AvgIpc) is 2.69. The molecule has 0 aliphatic carbocycles. The highest BCUT2D eigenvalue weighted by atomic mass is 35.5. The van der Waals surface area contributed by atoms with Gasteiger partial charge in [-0.3, -0.25) is 4.98 Å². The molecule has 5 heteroatoms. The molecule has 2 aromatic heterocycles. The van der Waals surface area contributed by atoms with Gasteiger partial charge in [0, 0.05) is 11.1 Å². The number of nitrogens with one attached hydrogen (secondary N) is 1. The van der Waals surface area contributed by atoms with E-state index in [1.165, 1.54) is 10.4 Å². The van der Waals surface area contributed by atoms with E-state index < -0.39 is 0 Å². The Bertz CT molecular complexity index is 525. The lowest BCUT2D eigenvalue weighted by atomic mass is 10.1. The Morgan fingerprint density at radius 2 is 2.12 bits per heavy atom. The van der Waals surface area contributed by atoms with Crippen LogP contribution in [0.2, 0.25) is 10.0 Å². The Morgan fingerprint density at radius 1 is 1.35 bits per heavy atom. The third-order valence-electron chi connectivity index (χ3n) is 2.48. The number of rotatable bonds is 3. The summed E-state index contributed by atoms with van der Waals surface area (Å²) >= 11 is 13.7. The van der Waals surface area contributed by atoms with Gasteiger partial charge < -0.3 is 5.32 Å². The molecule has 2 aromatic rings. The standard InChI is InChI=1S/C12H12Cl2N2S/c1-7-3-8(6-17-7)11(15-2)12-10(14)4-9(13)5-16-12/h3-6,11,15H,1-2H3. The maximum absolute atomic E-state index is 6.18. The van der Waals surface area contributed by atoms with Crippen LogP contribution in [0.4, 0.5) is 0 Å². The third kappa shape index (κ3) is 2.80. The van der Waals surface area contributed by atoms with Gasteiger partial charge in [-0.25, -0.2) is 0 Å². The maximum Gasteiger partial charge on any atom is 0.0805 e. The topological polar surface area (TPSA) is 24.9 Å². The lowest BCUT2D eigenvalue weighted by Crippen LogP contribution is -2.18. The number of aromatic nitrogens is 1. The highest BCUT2D eigenvalue weighted by Gasteiger charge is 2.17. The smallest absolute Gasteiger partial charge is 0.0805 e. The van der Waals surface area contributed by atoms with Gasteiger partial charge >= 0.3 is 0 Å². The fourth-order valence-electron chi connectivity index (χ4n) is 1.71. The van der Waals surface area contributed by atoms with Crippen LogP contribution in [0.1, 0.15) is 22.2 Å². The Labute approximate surface area is 115 Å². The minimum atomic E-state index is 0.00437. The summed E-state index contributed by atoms with van der Waals surface area (Å²) in [5, 5.41) is 6.47. The largest absolute Gasteiger partial charge is 0.308 e. The zero-order valence-corrected chi connectivity index (χ0v) is 11.8. The molecule has 0 amide bonds. The third-order valence-corrected chi connectivity index (χ3v) is 3.87. The molecule has 17 heavy (non-hydrogen) atoms. The Hall–Kier alpha value is -0.610. The van der Waals surface area contributed by atoms with Gasteiger partial charge in [0.05, 0.1) is 21.8 Å². The molecule has 2 heterocycles. The fourth-order valence-corrected chi connectivity index (χ4v) is 2.93. The van der Waals surface area contributed by atoms with Gasteiger partial charge in [-0.05, 0) is 37.0 Å². The van der Waals surface area contributed by atoms with Crippen LogP contribution in [0.25, 0.3) is 0 Å². The van der Waals surface area contributed by atoms with Crippen molar-refractivity contribution in [1.82, 2.24) is 10.3 Å². The lowest BCUT2D eigenvalue weighted by molar-refractivity contribution is 0.673. The highest BCUT2D eigenvalue weighted by molar-refractivity contribution is 7.10. The maximum atomic E-state index is 6.18. The van der Waals surface area contributed by atoms with Crippen molar-refractivity contribution in [2.45, 2.75) is 13.0 Å². The second kappa shape index (κ2) is 5.36. The van der Waals surface area contributed by atoms with Gasteiger partial charge in [0.25, 0.3) is 0 Å². The van der Waals surface area contributed by atoms with Gasteiger partial charge in [-0.2, -0.15) is 0 Å². The van der Waals surface area contributed by atoms with Gasteiger partial charge in [0.2, 0.25) is 0 Å². The number of thiophene rings is 1. The quantitative estimate of drug-likeness (QED) is 0.920. The van der Waals surface area contributed by atoms with Crippen molar-refractivity contribution in [1.29, 1.82) is 0 Å². The summed E-state index contributed by atoms with van der Waals surface area (Å²) in [6.07, 6.45) is 1.62. The molecule has 0 aromatic carbocycles. The molecule has 0 saturated heterocycles. The second-order valence-corrected chi connectivity index (χ2v) is 5.69. The molecular formula is C12H12Cl2N2S. The number of hydrogen-bond acceptors (Lipinski definition) is 3. The zero-order chi connectivity index (χ0) is 12.4.